The van der Waals surface area contributed by atoms with Gasteiger partial charge in [0, 0.05) is 16.7 Å². The second-order valence-corrected chi connectivity index (χ2v) is 5.06. The van der Waals surface area contributed by atoms with Gasteiger partial charge < -0.3 is 4.42 Å². The lowest BCUT2D eigenvalue weighted by atomic mass is 10.1. The summed E-state index contributed by atoms with van der Waals surface area (Å²) in [6.07, 6.45) is 3.07. The zero-order valence-corrected chi connectivity index (χ0v) is 9.51. The molecule has 0 bridgehead atoms. The maximum atomic E-state index is 13.0. The molecule has 1 aromatic carbocycles. The van der Waals surface area contributed by atoms with Crippen molar-refractivity contribution in [3.05, 3.63) is 35.8 Å². The van der Waals surface area contributed by atoms with Crippen LogP contribution in [0.1, 0.15) is 30.9 Å². The molecule has 0 aliphatic heterocycles. The number of fused-ring (bicyclic) bond motifs is 1. The number of alkyl halides is 1. The van der Waals surface area contributed by atoms with Crippen LogP contribution in [0.15, 0.2) is 28.7 Å². The van der Waals surface area contributed by atoms with Crippen molar-refractivity contribution in [2.45, 2.75) is 30.6 Å². The molecule has 0 saturated heterocycles. The van der Waals surface area contributed by atoms with Crippen molar-refractivity contribution in [1.82, 2.24) is 0 Å². The van der Waals surface area contributed by atoms with Crippen molar-refractivity contribution < 1.29 is 8.81 Å². The van der Waals surface area contributed by atoms with Crippen LogP contribution in [0.3, 0.4) is 0 Å². The molecule has 2 unspecified atom stereocenters. The van der Waals surface area contributed by atoms with E-state index in [1.165, 1.54) is 12.1 Å². The first-order valence-corrected chi connectivity index (χ1v) is 5.99. The summed E-state index contributed by atoms with van der Waals surface area (Å²) in [6, 6.07) is 6.56. The number of benzene rings is 1. The fourth-order valence-corrected chi connectivity index (χ4v) is 2.76. The standard InChI is InChI=1S/C13H12ClFO/c14-10-2-1-8(5-10)13-7-9-6-11(15)3-4-12(9)16-13/h3-4,6-8,10H,1-2,5H2. The molecule has 1 heterocycles. The Morgan fingerprint density at radius 3 is 2.88 bits per heavy atom. The molecule has 16 heavy (non-hydrogen) atoms. The Bertz CT molecular complexity index is 520. The minimum Gasteiger partial charge on any atom is -0.461 e. The summed E-state index contributed by atoms with van der Waals surface area (Å²) in [6.45, 7) is 0. The summed E-state index contributed by atoms with van der Waals surface area (Å²) in [5, 5.41) is 1.10. The van der Waals surface area contributed by atoms with Crippen LogP contribution in [-0.4, -0.2) is 5.38 Å². The number of rotatable bonds is 1. The maximum Gasteiger partial charge on any atom is 0.134 e. The third-order valence-corrected chi connectivity index (χ3v) is 3.66. The fourth-order valence-electron chi connectivity index (χ4n) is 2.42. The summed E-state index contributed by atoms with van der Waals surface area (Å²) in [5.41, 5.74) is 0.759. The molecule has 3 heteroatoms. The van der Waals surface area contributed by atoms with E-state index in [1.807, 2.05) is 6.07 Å². The van der Waals surface area contributed by atoms with Crippen LogP contribution in [0.4, 0.5) is 4.39 Å². The van der Waals surface area contributed by atoms with Crippen molar-refractivity contribution >= 4 is 22.6 Å². The van der Waals surface area contributed by atoms with Gasteiger partial charge in [0.15, 0.2) is 0 Å². The van der Waals surface area contributed by atoms with Crippen LogP contribution in [0.5, 0.6) is 0 Å². The monoisotopic (exact) mass is 238 g/mol. The summed E-state index contributed by atoms with van der Waals surface area (Å²) in [4.78, 5) is 0. The van der Waals surface area contributed by atoms with E-state index < -0.39 is 0 Å². The smallest absolute Gasteiger partial charge is 0.134 e. The van der Waals surface area contributed by atoms with Crippen molar-refractivity contribution in [2.24, 2.45) is 0 Å². The number of furan rings is 1. The lowest BCUT2D eigenvalue weighted by molar-refractivity contribution is 0.494. The molecule has 1 aliphatic carbocycles. The van der Waals surface area contributed by atoms with Gasteiger partial charge in [-0.25, -0.2) is 4.39 Å². The Morgan fingerprint density at radius 1 is 1.25 bits per heavy atom. The number of halogens is 2. The summed E-state index contributed by atoms with van der Waals surface area (Å²) >= 11 is 6.08. The molecule has 1 fully saturated rings. The average Bonchev–Trinajstić information content (AvgIpc) is 2.83. The van der Waals surface area contributed by atoms with Gasteiger partial charge in [0.25, 0.3) is 0 Å². The second kappa shape index (κ2) is 3.77. The van der Waals surface area contributed by atoms with Crippen molar-refractivity contribution in [3.63, 3.8) is 0 Å². The SMILES string of the molecule is Fc1ccc2oc(C3CCC(Cl)C3)cc2c1. The molecular weight excluding hydrogens is 227 g/mol. The van der Waals surface area contributed by atoms with Gasteiger partial charge >= 0.3 is 0 Å². The highest BCUT2D eigenvalue weighted by Gasteiger charge is 2.26. The zero-order chi connectivity index (χ0) is 11.1. The van der Waals surface area contributed by atoms with Gasteiger partial charge in [0.1, 0.15) is 17.2 Å². The molecule has 3 rings (SSSR count). The molecule has 0 N–H and O–H groups in total. The maximum absolute atomic E-state index is 13.0. The minimum absolute atomic E-state index is 0.221. The third kappa shape index (κ3) is 1.71. The molecule has 0 amide bonds. The van der Waals surface area contributed by atoms with Crippen molar-refractivity contribution in [1.29, 1.82) is 0 Å². The van der Waals surface area contributed by atoms with Crippen LogP contribution in [0.2, 0.25) is 0 Å². The molecule has 84 valence electrons. The highest BCUT2D eigenvalue weighted by Crippen LogP contribution is 2.39. The van der Waals surface area contributed by atoms with E-state index in [1.54, 1.807) is 6.07 Å². The molecule has 0 radical (unpaired) electrons. The van der Waals surface area contributed by atoms with Gasteiger partial charge in [-0.1, -0.05) is 0 Å². The first kappa shape index (κ1) is 10.2. The van der Waals surface area contributed by atoms with Gasteiger partial charge in [-0.15, -0.1) is 11.6 Å². The summed E-state index contributed by atoms with van der Waals surface area (Å²) in [7, 11) is 0. The van der Waals surface area contributed by atoms with Crippen molar-refractivity contribution in [2.75, 3.05) is 0 Å². The highest BCUT2D eigenvalue weighted by atomic mass is 35.5. The van der Waals surface area contributed by atoms with E-state index in [2.05, 4.69) is 0 Å². The van der Waals surface area contributed by atoms with Crippen LogP contribution < -0.4 is 0 Å². The number of hydrogen-bond donors (Lipinski definition) is 0. The zero-order valence-electron chi connectivity index (χ0n) is 8.75. The minimum atomic E-state index is -0.221. The first-order valence-electron chi connectivity index (χ1n) is 5.55. The average molecular weight is 239 g/mol. The predicted octanol–water partition coefficient (Wildman–Crippen LogP) is 4.45. The van der Waals surface area contributed by atoms with E-state index in [9.17, 15) is 4.39 Å². The molecule has 1 aliphatic rings. The lowest BCUT2D eigenvalue weighted by Gasteiger charge is -2.03. The Hall–Kier alpha value is -1.02. The van der Waals surface area contributed by atoms with Crippen LogP contribution >= 0.6 is 11.6 Å². The van der Waals surface area contributed by atoms with Gasteiger partial charge in [-0.2, -0.15) is 0 Å². The highest BCUT2D eigenvalue weighted by molar-refractivity contribution is 6.20. The van der Waals surface area contributed by atoms with Gasteiger partial charge in [-0.3, -0.25) is 0 Å². The Kier molecular flexibility index (Phi) is 2.40. The van der Waals surface area contributed by atoms with Crippen LogP contribution in [0.25, 0.3) is 11.0 Å². The number of hydrogen-bond acceptors (Lipinski definition) is 1. The molecule has 2 aromatic rings. The van der Waals surface area contributed by atoms with E-state index in [0.717, 1.165) is 36.0 Å². The van der Waals surface area contributed by atoms with E-state index >= 15 is 0 Å². The van der Waals surface area contributed by atoms with E-state index in [-0.39, 0.29) is 11.2 Å². The molecule has 1 aromatic heterocycles. The van der Waals surface area contributed by atoms with Gasteiger partial charge in [0.05, 0.1) is 0 Å². The van der Waals surface area contributed by atoms with Crippen molar-refractivity contribution in [3.8, 4) is 0 Å². The normalized spacial score (nSPS) is 25.4. The topological polar surface area (TPSA) is 13.1 Å². The Balaban J connectivity index is 1.99. The fraction of sp³-hybridized carbons (Fsp3) is 0.385. The van der Waals surface area contributed by atoms with Crippen LogP contribution in [-0.2, 0) is 0 Å². The molecule has 1 nitrogen and oxygen atoms in total. The van der Waals surface area contributed by atoms with Gasteiger partial charge in [-0.05, 0) is 43.5 Å². The molecular formula is C13H12ClFO. The molecule has 1 saturated carbocycles. The summed E-state index contributed by atoms with van der Waals surface area (Å²) < 4.78 is 18.8. The quantitative estimate of drug-likeness (QED) is 0.669. The van der Waals surface area contributed by atoms with Gasteiger partial charge in [0.2, 0.25) is 0 Å². The van der Waals surface area contributed by atoms with E-state index in [0.29, 0.717) is 5.92 Å². The Morgan fingerprint density at radius 2 is 2.12 bits per heavy atom. The molecule has 2 atom stereocenters. The first-order chi connectivity index (χ1) is 7.72. The third-order valence-electron chi connectivity index (χ3n) is 3.27. The predicted molar refractivity (Wildman–Crippen MR) is 62.4 cm³/mol. The molecule has 0 spiro atoms. The Labute approximate surface area is 98.2 Å². The van der Waals surface area contributed by atoms with E-state index in [4.69, 9.17) is 16.0 Å². The lowest BCUT2D eigenvalue weighted by Crippen LogP contribution is -1.91. The second-order valence-electron chi connectivity index (χ2n) is 4.44. The summed E-state index contributed by atoms with van der Waals surface area (Å²) in [5.74, 6) is 1.13. The van der Waals surface area contributed by atoms with Crippen LogP contribution in [0, 0.1) is 5.82 Å². The largest absolute Gasteiger partial charge is 0.461 e.